The number of esters is 2. The summed E-state index contributed by atoms with van der Waals surface area (Å²) in [5, 5.41) is 11.1. The number of rotatable bonds is 8. The number of alkyl halides is 4. The summed E-state index contributed by atoms with van der Waals surface area (Å²) >= 11 is 5.69. The zero-order chi connectivity index (χ0) is 25.8. The largest absolute Gasteiger partial charge is 0.478 e. The van der Waals surface area contributed by atoms with Crippen LogP contribution in [0.25, 0.3) is 0 Å². The van der Waals surface area contributed by atoms with Crippen LogP contribution in [-0.2, 0) is 34.8 Å². The molecule has 1 unspecified atom stereocenters. The summed E-state index contributed by atoms with van der Waals surface area (Å²) < 4.78 is 84.3. The maximum Gasteiger partial charge on any atom is 0.418 e. The van der Waals surface area contributed by atoms with Crippen LogP contribution in [0.2, 0.25) is 5.02 Å². The highest BCUT2D eigenvalue weighted by atomic mass is 35.5. The van der Waals surface area contributed by atoms with Crippen molar-refractivity contribution in [1.29, 1.82) is 0 Å². The van der Waals surface area contributed by atoms with Crippen molar-refractivity contribution in [1.82, 2.24) is 5.32 Å². The van der Waals surface area contributed by atoms with Crippen LogP contribution in [0.3, 0.4) is 0 Å². The number of hydrogen-bond donors (Lipinski definition) is 2. The molecule has 0 bridgehead atoms. The van der Waals surface area contributed by atoms with Gasteiger partial charge < -0.3 is 24.6 Å². The Hall–Kier alpha value is -3.19. The van der Waals surface area contributed by atoms with Crippen LogP contribution in [-0.4, -0.2) is 57.1 Å². The van der Waals surface area contributed by atoms with Gasteiger partial charge in [0.15, 0.2) is 0 Å². The zero-order valence-corrected chi connectivity index (χ0v) is 18.3. The third kappa shape index (κ3) is 5.47. The van der Waals surface area contributed by atoms with Crippen LogP contribution < -0.4 is 5.32 Å². The number of halogens is 6. The highest BCUT2D eigenvalue weighted by molar-refractivity contribution is 6.31. The molecule has 0 spiro atoms. The summed E-state index contributed by atoms with van der Waals surface area (Å²) in [5.74, 6) is -8.03. The molecule has 1 aromatic rings. The smallest absolute Gasteiger partial charge is 0.418 e. The van der Waals surface area contributed by atoms with E-state index in [1.807, 2.05) is 0 Å². The molecule has 1 aromatic carbocycles. The lowest BCUT2D eigenvalue weighted by molar-refractivity contribution is -0.145. The number of carbonyl (C=O) groups is 3. The van der Waals surface area contributed by atoms with E-state index in [0.717, 1.165) is 14.2 Å². The Labute approximate surface area is 193 Å². The molecule has 186 valence electrons. The van der Waals surface area contributed by atoms with Crippen molar-refractivity contribution in [2.24, 2.45) is 0 Å². The quantitative estimate of drug-likeness (QED) is 0.403. The number of aliphatic carboxylic acids is 1. The molecule has 14 heteroatoms. The van der Waals surface area contributed by atoms with Gasteiger partial charge in [0.05, 0.1) is 59.9 Å². The lowest BCUT2D eigenvalue weighted by atomic mass is 9.78. The fourth-order valence-corrected chi connectivity index (χ4v) is 3.63. The summed E-state index contributed by atoms with van der Waals surface area (Å²) in [7, 11) is 1.86. The minimum Gasteiger partial charge on any atom is -0.478 e. The topological polar surface area (TPSA) is 111 Å². The molecule has 34 heavy (non-hydrogen) atoms. The molecule has 1 atom stereocenters. The number of methoxy groups -OCH3 is 2. The summed E-state index contributed by atoms with van der Waals surface area (Å²) in [6.45, 7) is -2.97. The molecule has 0 aromatic heterocycles. The first-order valence-electron chi connectivity index (χ1n) is 9.19. The predicted molar refractivity (Wildman–Crippen MR) is 105 cm³/mol. The fourth-order valence-electron chi connectivity index (χ4n) is 3.35. The summed E-state index contributed by atoms with van der Waals surface area (Å²) in [4.78, 5) is 35.9. The van der Waals surface area contributed by atoms with Gasteiger partial charge in [-0.15, -0.1) is 0 Å². The van der Waals surface area contributed by atoms with Crippen molar-refractivity contribution in [2.45, 2.75) is 12.1 Å². The monoisotopic (exact) mass is 513 g/mol. The molecular weight excluding hydrogens is 497 g/mol. The number of ether oxygens (including phenoxy) is 3. The lowest BCUT2D eigenvalue weighted by Crippen LogP contribution is -2.37. The number of carboxylic acids is 1. The maximum absolute atomic E-state index is 14.9. The molecule has 0 amide bonds. The number of nitrogens with one attached hydrogen (secondary N) is 1. The number of carboxylic acid groups (broad SMARTS) is 1. The third-order valence-corrected chi connectivity index (χ3v) is 5.02. The van der Waals surface area contributed by atoms with E-state index < -0.39 is 94.4 Å². The SMILES string of the molecule is COC(=O)COCC1=C(C(=O)O)C(c2c(F)ccc(Cl)c2C(F)(F)F)C(C(=O)OC)=C(CF)N1. The molecule has 2 N–H and O–H groups in total. The molecule has 8 nitrogen and oxygen atoms in total. The Kier molecular flexibility index (Phi) is 8.61. The predicted octanol–water partition coefficient (Wildman–Crippen LogP) is 3.11. The van der Waals surface area contributed by atoms with E-state index in [0.29, 0.717) is 12.1 Å². The molecule has 0 saturated heterocycles. The van der Waals surface area contributed by atoms with E-state index in [9.17, 15) is 41.4 Å². The maximum atomic E-state index is 14.9. The van der Waals surface area contributed by atoms with Crippen LogP contribution in [0.15, 0.2) is 34.7 Å². The van der Waals surface area contributed by atoms with E-state index >= 15 is 0 Å². The van der Waals surface area contributed by atoms with Crippen LogP contribution in [0.1, 0.15) is 17.0 Å². The van der Waals surface area contributed by atoms with Crippen LogP contribution >= 0.6 is 11.6 Å². The van der Waals surface area contributed by atoms with E-state index in [2.05, 4.69) is 14.8 Å². The van der Waals surface area contributed by atoms with Crippen molar-refractivity contribution in [3.63, 3.8) is 0 Å². The molecule has 0 aliphatic carbocycles. The molecule has 1 aliphatic rings. The van der Waals surface area contributed by atoms with Gasteiger partial charge in [0.25, 0.3) is 0 Å². The van der Waals surface area contributed by atoms with Crippen LogP contribution in [0.5, 0.6) is 0 Å². The highest BCUT2D eigenvalue weighted by Gasteiger charge is 2.46. The summed E-state index contributed by atoms with van der Waals surface area (Å²) in [6, 6.07) is 1.15. The van der Waals surface area contributed by atoms with Crippen LogP contribution in [0, 0.1) is 5.82 Å². The van der Waals surface area contributed by atoms with Crippen molar-refractivity contribution >= 4 is 29.5 Å². The first-order chi connectivity index (χ1) is 15.9. The van der Waals surface area contributed by atoms with Gasteiger partial charge in [0.1, 0.15) is 19.1 Å². The first-order valence-corrected chi connectivity index (χ1v) is 9.57. The van der Waals surface area contributed by atoms with Crippen molar-refractivity contribution < 1.29 is 55.7 Å². The van der Waals surface area contributed by atoms with Gasteiger partial charge >= 0.3 is 24.1 Å². The van der Waals surface area contributed by atoms with Gasteiger partial charge in [-0.3, -0.25) is 0 Å². The average Bonchev–Trinajstić information content (AvgIpc) is 2.77. The second-order valence-corrected chi connectivity index (χ2v) is 7.06. The van der Waals surface area contributed by atoms with E-state index in [1.54, 1.807) is 0 Å². The van der Waals surface area contributed by atoms with E-state index in [-0.39, 0.29) is 0 Å². The summed E-state index contributed by atoms with van der Waals surface area (Å²) in [5.41, 5.74) is -6.19. The van der Waals surface area contributed by atoms with Crippen molar-refractivity contribution in [2.75, 3.05) is 34.1 Å². The number of dihydropyridines is 1. The normalized spacial score (nSPS) is 16.3. The number of benzene rings is 1. The second kappa shape index (κ2) is 10.8. The van der Waals surface area contributed by atoms with Gasteiger partial charge in [-0.2, -0.15) is 13.2 Å². The fraction of sp³-hybridized carbons (Fsp3) is 0.350. The first kappa shape index (κ1) is 27.1. The number of carbonyl (C=O) groups excluding carboxylic acids is 2. The molecule has 2 rings (SSSR count). The Morgan fingerprint density at radius 3 is 2.26 bits per heavy atom. The molecular formula is C20H17ClF5NO7. The van der Waals surface area contributed by atoms with Crippen LogP contribution in [0.4, 0.5) is 22.0 Å². The van der Waals surface area contributed by atoms with E-state index in [4.69, 9.17) is 16.3 Å². The Balaban J connectivity index is 2.89. The van der Waals surface area contributed by atoms with Crippen molar-refractivity contribution in [3.8, 4) is 0 Å². The highest BCUT2D eigenvalue weighted by Crippen LogP contribution is 2.47. The second-order valence-electron chi connectivity index (χ2n) is 6.66. The van der Waals surface area contributed by atoms with Gasteiger partial charge in [-0.1, -0.05) is 11.6 Å². The minimum absolute atomic E-state index is 0.533. The molecule has 0 saturated carbocycles. The Morgan fingerprint density at radius 2 is 1.76 bits per heavy atom. The standard InChI is InChI=1S/C20H17ClF5NO7/c1-32-12(28)7-34-6-11-14(18(29)30)16(15(19(31)33-2)10(5-22)27-11)13-9(23)4-3-8(21)17(13)20(24,25)26/h3-4,16,27H,5-7H2,1-2H3,(H,29,30). The van der Waals surface area contributed by atoms with Gasteiger partial charge in [0, 0.05) is 5.56 Å². The van der Waals surface area contributed by atoms with E-state index in [1.165, 1.54) is 0 Å². The molecule has 1 aliphatic heterocycles. The third-order valence-electron chi connectivity index (χ3n) is 4.71. The number of hydrogen-bond acceptors (Lipinski definition) is 7. The zero-order valence-electron chi connectivity index (χ0n) is 17.5. The van der Waals surface area contributed by atoms with Gasteiger partial charge in [-0.25, -0.2) is 23.2 Å². The van der Waals surface area contributed by atoms with Crippen molar-refractivity contribution in [3.05, 3.63) is 56.6 Å². The average molecular weight is 514 g/mol. The molecule has 1 heterocycles. The Morgan fingerprint density at radius 1 is 1.12 bits per heavy atom. The molecule has 0 fully saturated rings. The molecule has 0 radical (unpaired) electrons. The van der Waals surface area contributed by atoms with Gasteiger partial charge in [-0.05, 0) is 12.1 Å². The Bertz CT molecular complexity index is 1070. The lowest BCUT2D eigenvalue weighted by Gasteiger charge is -2.32. The summed E-state index contributed by atoms with van der Waals surface area (Å²) in [6.07, 6.45) is -5.29. The van der Waals surface area contributed by atoms with Gasteiger partial charge in [0.2, 0.25) is 0 Å². The number of allylic oxidation sites excluding steroid dienone is 1. The minimum atomic E-state index is -5.29.